The van der Waals surface area contributed by atoms with E-state index >= 15 is 0 Å². The van der Waals surface area contributed by atoms with E-state index in [0.717, 1.165) is 22.2 Å². The van der Waals surface area contributed by atoms with Gasteiger partial charge in [-0.25, -0.2) is 13.1 Å². The summed E-state index contributed by atoms with van der Waals surface area (Å²) in [5.41, 5.74) is 0.624. The molecular formula is C29H33BrF3N3O4S. The SMILES string of the molecule is Cc1cccc(S(=O)(=O)NCC(c2ccc(C(F)(F)F)cc2)N2CCN(CC(O)COc3ccc(Br)cc3)CC2)c1. The minimum Gasteiger partial charge on any atom is -0.491 e. The molecular weight excluding hydrogens is 623 g/mol. The third-order valence-corrected chi connectivity index (χ3v) is 8.91. The molecule has 1 aliphatic rings. The minimum atomic E-state index is -4.46. The Morgan fingerprint density at radius 2 is 1.66 bits per heavy atom. The number of ether oxygens (including phenoxy) is 1. The van der Waals surface area contributed by atoms with E-state index < -0.39 is 33.9 Å². The van der Waals surface area contributed by atoms with Crippen LogP contribution in [0.4, 0.5) is 13.2 Å². The topological polar surface area (TPSA) is 82.1 Å². The quantitative estimate of drug-likeness (QED) is 0.307. The van der Waals surface area contributed by atoms with Crippen LogP contribution in [0.15, 0.2) is 82.2 Å². The number of aryl methyl sites for hydroxylation is 1. The van der Waals surface area contributed by atoms with E-state index in [1.54, 1.807) is 25.1 Å². The number of hydrogen-bond donors (Lipinski definition) is 2. The molecule has 3 aromatic rings. The second-order valence-electron chi connectivity index (χ2n) is 10.1. The lowest BCUT2D eigenvalue weighted by atomic mass is 10.0. The maximum atomic E-state index is 13.2. The van der Waals surface area contributed by atoms with E-state index in [1.165, 1.54) is 18.2 Å². The van der Waals surface area contributed by atoms with Gasteiger partial charge in [0.05, 0.1) is 10.5 Å². The molecule has 7 nitrogen and oxygen atoms in total. The Bertz CT molecular complexity index is 1380. The number of aliphatic hydroxyl groups is 1. The van der Waals surface area contributed by atoms with Crippen LogP contribution in [0.1, 0.15) is 22.7 Å². The standard InChI is InChI=1S/C29H33BrF3N3O4S/c1-21-3-2-4-27(17-21)41(38,39)34-18-28(22-5-7-23(8-6-22)29(31,32)33)36-15-13-35(14-16-36)19-25(37)20-40-26-11-9-24(30)10-12-26/h2-12,17,25,28,34,37H,13-16,18-20H2,1H3. The largest absolute Gasteiger partial charge is 0.491 e. The van der Waals surface area contributed by atoms with E-state index in [1.807, 2.05) is 24.3 Å². The Hall–Kier alpha value is -2.48. The summed E-state index contributed by atoms with van der Waals surface area (Å²) in [5, 5.41) is 10.5. The number of alkyl halides is 3. The Labute approximate surface area is 247 Å². The Morgan fingerprint density at radius 3 is 2.27 bits per heavy atom. The molecule has 1 heterocycles. The number of benzene rings is 3. The average Bonchev–Trinajstić information content (AvgIpc) is 2.93. The van der Waals surface area contributed by atoms with Crippen LogP contribution in [0.25, 0.3) is 0 Å². The van der Waals surface area contributed by atoms with Crippen LogP contribution in [0, 0.1) is 6.92 Å². The number of β-amino-alcohol motifs (C(OH)–C–C–N with tert-alkyl or cyclic N) is 1. The van der Waals surface area contributed by atoms with Crippen LogP contribution < -0.4 is 9.46 Å². The first-order valence-electron chi connectivity index (χ1n) is 13.2. The molecule has 0 saturated carbocycles. The molecule has 2 atom stereocenters. The summed E-state index contributed by atoms with van der Waals surface area (Å²) in [6, 6.07) is 18.2. The molecule has 1 aliphatic heterocycles. The van der Waals surface area contributed by atoms with Gasteiger partial charge in [-0.2, -0.15) is 13.2 Å². The summed E-state index contributed by atoms with van der Waals surface area (Å²) in [6.07, 6.45) is -5.18. The highest BCUT2D eigenvalue weighted by Crippen LogP contribution is 2.31. The van der Waals surface area contributed by atoms with Crippen LogP contribution >= 0.6 is 15.9 Å². The maximum Gasteiger partial charge on any atom is 0.416 e. The number of piperazine rings is 1. The minimum absolute atomic E-state index is 0.00864. The zero-order valence-electron chi connectivity index (χ0n) is 22.5. The molecule has 0 spiro atoms. The van der Waals surface area contributed by atoms with Crippen LogP contribution in [0.5, 0.6) is 5.75 Å². The Kier molecular flexibility index (Phi) is 10.5. The number of sulfonamides is 1. The monoisotopic (exact) mass is 655 g/mol. The van der Waals surface area contributed by atoms with E-state index in [-0.39, 0.29) is 18.0 Å². The van der Waals surface area contributed by atoms with E-state index in [9.17, 15) is 26.7 Å². The first-order chi connectivity index (χ1) is 19.4. The molecule has 12 heteroatoms. The van der Waals surface area contributed by atoms with Crippen molar-refractivity contribution in [2.24, 2.45) is 0 Å². The van der Waals surface area contributed by atoms with Crippen molar-refractivity contribution < 1.29 is 31.4 Å². The van der Waals surface area contributed by atoms with E-state index in [2.05, 4.69) is 30.5 Å². The highest BCUT2D eigenvalue weighted by molar-refractivity contribution is 9.10. The molecule has 222 valence electrons. The zero-order chi connectivity index (χ0) is 29.6. The van der Waals surface area contributed by atoms with Gasteiger partial charge in [0, 0.05) is 49.8 Å². The smallest absolute Gasteiger partial charge is 0.416 e. The fourth-order valence-electron chi connectivity index (χ4n) is 4.74. The normalized spacial score (nSPS) is 16.8. The molecule has 2 unspecified atom stereocenters. The van der Waals surface area contributed by atoms with Crippen molar-refractivity contribution in [3.05, 3.63) is 94.0 Å². The molecule has 4 rings (SSSR count). The summed E-state index contributed by atoms with van der Waals surface area (Å²) in [5.74, 6) is 0.657. The van der Waals surface area contributed by atoms with Crippen molar-refractivity contribution in [1.29, 1.82) is 0 Å². The molecule has 0 aromatic heterocycles. The highest BCUT2D eigenvalue weighted by Gasteiger charge is 2.32. The van der Waals surface area contributed by atoms with Gasteiger partial charge in [0.25, 0.3) is 0 Å². The molecule has 0 amide bonds. The predicted molar refractivity (Wildman–Crippen MR) is 154 cm³/mol. The molecule has 1 fully saturated rings. The number of nitrogens with zero attached hydrogens (tertiary/aromatic N) is 2. The van der Waals surface area contributed by atoms with Crippen molar-refractivity contribution in [2.45, 2.75) is 30.1 Å². The highest BCUT2D eigenvalue weighted by atomic mass is 79.9. The number of rotatable bonds is 11. The van der Waals surface area contributed by atoms with E-state index in [0.29, 0.717) is 44.0 Å². The summed E-state index contributed by atoms with van der Waals surface area (Å²) in [4.78, 5) is 4.28. The van der Waals surface area contributed by atoms with Crippen LogP contribution in [0.2, 0.25) is 0 Å². The third kappa shape index (κ3) is 9.00. The van der Waals surface area contributed by atoms with Crippen molar-refractivity contribution in [3.63, 3.8) is 0 Å². The van der Waals surface area contributed by atoms with Crippen LogP contribution in [-0.4, -0.2) is 75.3 Å². The van der Waals surface area contributed by atoms with E-state index in [4.69, 9.17) is 4.74 Å². The van der Waals surface area contributed by atoms with Gasteiger partial charge in [0.15, 0.2) is 0 Å². The van der Waals surface area contributed by atoms with Gasteiger partial charge in [-0.1, -0.05) is 40.2 Å². The molecule has 0 bridgehead atoms. The molecule has 41 heavy (non-hydrogen) atoms. The molecule has 0 radical (unpaired) electrons. The molecule has 0 aliphatic carbocycles. The van der Waals surface area contributed by atoms with Gasteiger partial charge in [-0.3, -0.25) is 9.80 Å². The summed E-state index contributed by atoms with van der Waals surface area (Å²) < 4.78 is 74.8. The summed E-state index contributed by atoms with van der Waals surface area (Å²) >= 11 is 3.37. The molecule has 1 saturated heterocycles. The molecule has 3 aromatic carbocycles. The van der Waals surface area contributed by atoms with Crippen molar-refractivity contribution in [2.75, 3.05) is 45.9 Å². The van der Waals surface area contributed by atoms with Gasteiger partial charge in [0.1, 0.15) is 18.5 Å². The number of halogens is 4. The van der Waals surface area contributed by atoms with Crippen molar-refractivity contribution >= 4 is 26.0 Å². The van der Waals surface area contributed by atoms with Crippen LogP contribution in [-0.2, 0) is 16.2 Å². The molecule has 2 N–H and O–H groups in total. The third-order valence-electron chi connectivity index (χ3n) is 6.96. The Morgan fingerprint density at radius 1 is 1.00 bits per heavy atom. The fraction of sp³-hybridized carbons (Fsp3) is 0.379. The average molecular weight is 657 g/mol. The lowest BCUT2D eigenvalue weighted by molar-refractivity contribution is -0.137. The van der Waals surface area contributed by atoms with Gasteiger partial charge < -0.3 is 9.84 Å². The Balaban J connectivity index is 1.40. The van der Waals surface area contributed by atoms with Crippen molar-refractivity contribution in [3.8, 4) is 5.75 Å². The number of nitrogens with one attached hydrogen (secondary N) is 1. The summed E-state index contributed by atoms with van der Waals surface area (Å²) in [7, 11) is -3.83. The zero-order valence-corrected chi connectivity index (χ0v) is 24.9. The lowest BCUT2D eigenvalue weighted by Crippen LogP contribution is -2.51. The van der Waals surface area contributed by atoms with Crippen LogP contribution in [0.3, 0.4) is 0 Å². The lowest BCUT2D eigenvalue weighted by Gasteiger charge is -2.40. The second kappa shape index (κ2) is 13.7. The van der Waals surface area contributed by atoms with Gasteiger partial charge in [-0.15, -0.1) is 0 Å². The fourth-order valence-corrected chi connectivity index (χ4v) is 6.15. The first-order valence-corrected chi connectivity index (χ1v) is 15.4. The van der Waals surface area contributed by atoms with Crippen molar-refractivity contribution in [1.82, 2.24) is 14.5 Å². The predicted octanol–water partition coefficient (Wildman–Crippen LogP) is 4.85. The number of aliphatic hydroxyl groups excluding tert-OH is 1. The van der Waals surface area contributed by atoms with Gasteiger partial charge >= 0.3 is 6.18 Å². The van der Waals surface area contributed by atoms with Gasteiger partial charge in [0.2, 0.25) is 10.0 Å². The van der Waals surface area contributed by atoms with Gasteiger partial charge in [-0.05, 0) is 66.6 Å². The maximum absolute atomic E-state index is 13.2. The number of hydrogen-bond acceptors (Lipinski definition) is 6. The first kappa shape index (κ1) is 31.5. The summed E-state index contributed by atoms with van der Waals surface area (Å²) in [6.45, 7) is 4.59. The second-order valence-corrected chi connectivity index (χ2v) is 12.7.